The molecule has 160 valence electrons. The van der Waals surface area contributed by atoms with E-state index in [9.17, 15) is 19.5 Å². The van der Waals surface area contributed by atoms with Crippen LogP contribution in [0.15, 0.2) is 0 Å². The predicted octanol–water partition coefficient (Wildman–Crippen LogP) is 2.60. The van der Waals surface area contributed by atoms with Crippen LogP contribution in [0, 0.1) is 11.3 Å². The third kappa shape index (κ3) is 5.46. The minimum atomic E-state index is -0.617. The van der Waals surface area contributed by atoms with Gasteiger partial charge in [-0.05, 0) is 46.0 Å². The number of hydrogen-bond acceptors (Lipinski definition) is 5. The SMILES string of the molecule is CCOC(=O)[C@@]1(C)C[C@H]1CCCCCCN(C)C(=O)N1C[C@@H](O)C[C@H]1C(C)=O. The van der Waals surface area contributed by atoms with Crippen LogP contribution >= 0.6 is 0 Å². The number of carbonyl (C=O) groups is 3. The van der Waals surface area contributed by atoms with Crippen LogP contribution in [-0.2, 0) is 14.3 Å². The Morgan fingerprint density at radius 3 is 2.54 bits per heavy atom. The predicted molar refractivity (Wildman–Crippen MR) is 106 cm³/mol. The number of aliphatic hydroxyl groups excluding tert-OH is 1. The number of carbonyl (C=O) groups excluding carboxylic acids is 3. The van der Waals surface area contributed by atoms with Crippen molar-refractivity contribution in [2.45, 2.75) is 77.9 Å². The van der Waals surface area contributed by atoms with Gasteiger partial charge in [-0.2, -0.15) is 0 Å². The molecule has 0 aromatic rings. The number of likely N-dealkylation sites (tertiary alicyclic amines) is 1. The number of esters is 1. The molecule has 7 heteroatoms. The van der Waals surface area contributed by atoms with Gasteiger partial charge >= 0.3 is 12.0 Å². The summed E-state index contributed by atoms with van der Waals surface area (Å²) in [4.78, 5) is 39.3. The highest BCUT2D eigenvalue weighted by molar-refractivity contribution is 5.87. The average Bonchev–Trinajstić information content (AvgIpc) is 3.14. The second kappa shape index (κ2) is 9.72. The normalized spacial score (nSPS) is 28.9. The Kier molecular flexibility index (Phi) is 7.87. The van der Waals surface area contributed by atoms with E-state index in [2.05, 4.69) is 0 Å². The molecule has 0 radical (unpaired) electrons. The lowest BCUT2D eigenvalue weighted by molar-refractivity contribution is -0.149. The molecule has 1 saturated heterocycles. The number of nitrogens with zero attached hydrogens (tertiary/aromatic N) is 2. The molecule has 2 rings (SSSR count). The summed E-state index contributed by atoms with van der Waals surface area (Å²) in [6.07, 6.45) is 5.80. The number of aliphatic hydroxyl groups is 1. The van der Waals surface area contributed by atoms with Gasteiger partial charge in [0.15, 0.2) is 5.78 Å². The Balaban J connectivity index is 1.60. The van der Waals surface area contributed by atoms with Gasteiger partial charge in [0.05, 0.1) is 24.2 Å². The van der Waals surface area contributed by atoms with Crippen LogP contribution in [0.1, 0.15) is 65.7 Å². The van der Waals surface area contributed by atoms with E-state index in [0.717, 1.165) is 38.5 Å². The van der Waals surface area contributed by atoms with E-state index in [-0.39, 0.29) is 29.7 Å². The Bertz CT molecular complexity index is 581. The van der Waals surface area contributed by atoms with E-state index >= 15 is 0 Å². The average molecular weight is 397 g/mol. The molecule has 1 heterocycles. The van der Waals surface area contributed by atoms with Crippen molar-refractivity contribution in [1.29, 1.82) is 0 Å². The number of ketones is 1. The van der Waals surface area contributed by atoms with E-state index in [1.54, 1.807) is 11.9 Å². The van der Waals surface area contributed by atoms with Crippen LogP contribution in [0.2, 0.25) is 0 Å². The van der Waals surface area contributed by atoms with E-state index in [1.165, 1.54) is 11.8 Å². The van der Waals surface area contributed by atoms with Crippen LogP contribution in [-0.4, -0.2) is 71.6 Å². The van der Waals surface area contributed by atoms with Crippen LogP contribution in [0.3, 0.4) is 0 Å². The van der Waals surface area contributed by atoms with Crippen molar-refractivity contribution in [2.24, 2.45) is 11.3 Å². The number of Topliss-reactive ketones (excluding diaryl/α,β-unsaturated/α-hetero) is 1. The smallest absolute Gasteiger partial charge is 0.320 e. The summed E-state index contributed by atoms with van der Waals surface area (Å²) in [6.45, 7) is 6.62. The van der Waals surface area contributed by atoms with Gasteiger partial charge in [-0.15, -0.1) is 0 Å². The molecule has 1 aliphatic heterocycles. The number of hydrogen-bond donors (Lipinski definition) is 1. The molecule has 7 nitrogen and oxygen atoms in total. The topological polar surface area (TPSA) is 87.2 Å². The van der Waals surface area contributed by atoms with Gasteiger partial charge in [0, 0.05) is 26.6 Å². The molecule has 0 bridgehead atoms. The van der Waals surface area contributed by atoms with Gasteiger partial charge < -0.3 is 19.6 Å². The third-order valence-corrected chi connectivity index (χ3v) is 6.27. The number of β-amino-alcohol motifs (C(OH)–C–C–N with tert-alkyl or cyclic N) is 1. The summed E-state index contributed by atoms with van der Waals surface area (Å²) >= 11 is 0. The quantitative estimate of drug-likeness (QED) is 0.453. The van der Waals surface area contributed by atoms with Gasteiger partial charge in [-0.25, -0.2) is 4.79 Å². The first-order chi connectivity index (χ1) is 13.2. The van der Waals surface area contributed by atoms with Crippen molar-refractivity contribution in [2.75, 3.05) is 26.7 Å². The molecule has 1 saturated carbocycles. The highest BCUT2D eigenvalue weighted by atomic mass is 16.5. The molecule has 2 fully saturated rings. The Morgan fingerprint density at radius 1 is 1.21 bits per heavy atom. The lowest BCUT2D eigenvalue weighted by Crippen LogP contribution is -2.46. The van der Waals surface area contributed by atoms with Gasteiger partial charge in [-0.3, -0.25) is 9.59 Å². The largest absolute Gasteiger partial charge is 0.466 e. The van der Waals surface area contributed by atoms with E-state index in [4.69, 9.17) is 4.74 Å². The summed E-state index contributed by atoms with van der Waals surface area (Å²) in [6, 6.07) is -0.683. The number of urea groups is 1. The fourth-order valence-electron chi connectivity index (χ4n) is 4.24. The molecule has 0 unspecified atom stereocenters. The van der Waals surface area contributed by atoms with Crippen molar-refractivity contribution < 1.29 is 24.2 Å². The van der Waals surface area contributed by atoms with Gasteiger partial charge in [0.25, 0.3) is 0 Å². The molecule has 0 aromatic heterocycles. The van der Waals surface area contributed by atoms with Crippen molar-refractivity contribution in [3.8, 4) is 0 Å². The summed E-state index contributed by atoms with van der Waals surface area (Å²) in [5.74, 6) is 0.310. The zero-order valence-corrected chi connectivity index (χ0v) is 17.8. The second-order valence-electron chi connectivity index (χ2n) is 8.61. The van der Waals surface area contributed by atoms with Crippen LogP contribution in [0.5, 0.6) is 0 Å². The number of rotatable bonds is 10. The molecule has 28 heavy (non-hydrogen) atoms. The molecule has 4 atom stereocenters. The first-order valence-corrected chi connectivity index (χ1v) is 10.6. The minimum Gasteiger partial charge on any atom is -0.466 e. The summed E-state index contributed by atoms with van der Waals surface area (Å²) in [7, 11) is 1.75. The van der Waals surface area contributed by atoms with Crippen molar-refractivity contribution in [3.63, 3.8) is 0 Å². The fraction of sp³-hybridized carbons (Fsp3) is 0.857. The monoisotopic (exact) mass is 396 g/mol. The second-order valence-corrected chi connectivity index (χ2v) is 8.61. The molecular formula is C21H36N2O5. The summed E-state index contributed by atoms with van der Waals surface area (Å²) in [5, 5.41) is 9.78. The lowest BCUT2D eigenvalue weighted by atomic mass is 10.0. The molecule has 1 N–H and O–H groups in total. The highest BCUT2D eigenvalue weighted by Gasteiger charge is 2.56. The molecule has 2 amide bonds. The highest BCUT2D eigenvalue weighted by Crippen LogP contribution is 2.55. The zero-order chi connectivity index (χ0) is 20.9. The summed E-state index contributed by atoms with van der Waals surface area (Å²) in [5.41, 5.74) is -0.268. The lowest BCUT2D eigenvalue weighted by Gasteiger charge is -2.28. The summed E-state index contributed by atoms with van der Waals surface area (Å²) < 4.78 is 5.15. The standard InChI is InChI=1S/C21H36N2O5/c1-5-28-19(26)21(3)13-16(21)10-8-6-7-9-11-22(4)20(27)23-14-17(25)12-18(23)15(2)24/h16-18,25H,5-14H2,1-4H3/t16-,17+,18+,21+/m1/s1. The maximum atomic E-state index is 12.6. The maximum Gasteiger partial charge on any atom is 0.320 e. The minimum absolute atomic E-state index is 0.0592. The van der Waals surface area contributed by atoms with Gasteiger partial charge in [0.1, 0.15) is 0 Å². The number of ether oxygens (including phenoxy) is 1. The van der Waals surface area contributed by atoms with Crippen molar-refractivity contribution in [3.05, 3.63) is 0 Å². The number of unbranched alkanes of at least 4 members (excludes halogenated alkanes) is 3. The van der Waals surface area contributed by atoms with Crippen molar-refractivity contribution >= 4 is 17.8 Å². The Labute approximate surface area is 168 Å². The molecule has 2 aliphatic rings. The molecule has 0 aromatic carbocycles. The zero-order valence-electron chi connectivity index (χ0n) is 17.8. The third-order valence-electron chi connectivity index (χ3n) is 6.27. The van der Waals surface area contributed by atoms with E-state index < -0.39 is 12.1 Å². The van der Waals surface area contributed by atoms with Crippen LogP contribution in [0.25, 0.3) is 0 Å². The van der Waals surface area contributed by atoms with Crippen LogP contribution < -0.4 is 0 Å². The first-order valence-electron chi connectivity index (χ1n) is 10.6. The number of amides is 2. The Hall–Kier alpha value is -1.63. The van der Waals surface area contributed by atoms with Gasteiger partial charge in [0.2, 0.25) is 0 Å². The molecule has 1 aliphatic carbocycles. The first kappa shape index (κ1) is 22.7. The van der Waals surface area contributed by atoms with E-state index in [1.807, 2.05) is 13.8 Å². The Morgan fingerprint density at radius 2 is 1.89 bits per heavy atom. The molecular weight excluding hydrogens is 360 g/mol. The maximum absolute atomic E-state index is 12.6. The van der Waals surface area contributed by atoms with Gasteiger partial charge in [-0.1, -0.05) is 19.3 Å². The van der Waals surface area contributed by atoms with Crippen LogP contribution in [0.4, 0.5) is 4.79 Å². The van der Waals surface area contributed by atoms with Crippen molar-refractivity contribution in [1.82, 2.24) is 9.80 Å². The molecule has 0 spiro atoms. The van der Waals surface area contributed by atoms with E-state index in [0.29, 0.717) is 25.5 Å². The fourth-order valence-corrected chi connectivity index (χ4v) is 4.24.